The molecular formula is C17H19ClN2O4. The van der Waals surface area contributed by atoms with Crippen molar-refractivity contribution in [3.05, 3.63) is 28.9 Å². The maximum absolute atomic E-state index is 11.1. The van der Waals surface area contributed by atoms with Gasteiger partial charge in [0.05, 0.1) is 23.9 Å². The summed E-state index contributed by atoms with van der Waals surface area (Å²) in [5.41, 5.74) is 1.21. The molecule has 128 valence electrons. The summed E-state index contributed by atoms with van der Waals surface area (Å²) >= 11 is 6.42. The Morgan fingerprint density at radius 1 is 1.29 bits per heavy atom. The highest BCUT2D eigenvalue weighted by Gasteiger charge is 2.21. The van der Waals surface area contributed by atoms with Gasteiger partial charge in [-0.05, 0) is 37.8 Å². The molecule has 1 N–H and O–H groups in total. The molecule has 7 heteroatoms. The van der Waals surface area contributed by atoms with Gasteiger partial charge in [-0.1, -0.05) is 11.6 Å². The molecule has 0 saturated heterocycles. The van der Waals surface area contributed by atoms with E-state index < -0.39 is 5.97 Å². The summed E-state index contributed by atoms with van der Waals surface area (Å²) in [5, 5.41) is 13.5. The van der Waals surface area contributed by atoms with Crippen LogP contribution in [0.25, 0.3) is 11.3 Å². The average molecular weight is 351 g/mol. The second kappa shape index (κ2) is 6.73. The fourth-order valence-corrected chi connectivity index (χ4v) is 3.24. The van der Waals surface area contributed by atoms with Gasteiger partial charge in [0.25, 0.3) is 0 Å². The van der Waals surface area contributed by atoms with Gasteiger partial charge in [-0.2, -0.15) is 5.10 Å². The molecule has 0 unspecified atom stereocenters. The van der Waals surface area contributed by atoms with Gasteiger partial charge in [0, 0.05) is 18.7 Å². The zero-order valence-electron chi connectivity index (χ0n) is 13.6. The first-order valence-electron chi connectivity index (χ1n) is 7.81. The summed E-state index contributed by atoms with van der Waals surface area (Å²) in [6.45, 7) is 0. The number of carbonyl (C=O) groups is 1. The molecule has 3 rings (SSSR count). The van der Waals surface area contributed by atoms with Crippen LogP contribution < -0.4 is 9.47 Å². The molecule has 1 aromatic carbocycles. The van der Waals surface area contributed by atoms with E-state index in [9.17, 15) is 4.79 Å². The second-order valence-corrected chi connectivity index (χ2v) is 6.26. The number of aromatic carboxylic acids is 1. The van der Waals surface area contributed by atoms with Crippen molar-refractivity contribution in [3.63, 3.8) is 0 Å². The minimum atomic E-state index is -1.08. The molecule has 1 aromatic heterocycles. The topological polar surface area (TPSA) is 73.6 Å². The van der Waals surface area contributed by atoms with Crippen molar-refractivity contribution in [3.8, 4) is 22.8 Å². The van der Waals surface area contributed by atoms with Crippen LogP contribution in [0.5, 0.6) is 11.5 Å². The van der Waals surface area contributed by atoms with Crippen LogP contribution in [-0.2, 0) is 7.05 Å². The summed E-state index contributed by atoms with van der Waals surface area (Å²) in [6.07, 6.45) is 4.60. The lowest BCUT2D eigenvalue weighted by Crippen LogP contribution is -2.11. The molecule has 24 heavy (non-hydrogen) atoms. The van der Waals surface area contributed by atoms with Crippen LogP contribution >= 0.6 is 11.6 Å². The zero-order chi connectivity index (χ0) is 17.3. The van der Waals surface area contributed by atoms with E-state index in [-0.39, 0.29) is 11.8 Å². The number of rotatable bonds is 5. The molecule has 0 bridgehead atoms. The number of carboxylic acid groups (broad SMARTS) is 1. The fourth-order valence-electron chi connectivity index (χ4n) is 2.99. The van der Waals surface area contributed by atoms with Crippen molar-refractivity contribution >= 4 is 17.6 Å². The van der Waals surface area contributed by atoms with Crippen LogP contribution in [0.4, 0.5) is 0 Å². The van der Waals surface area contributed by atoms with E-state index in [0.29, 0.717) is 27.8 Å². The molecule has 0 spiro atoms. The summed E-state index contributed by atoms with van der Waals surface area (Å²) in [7, 11) is 3.24. The molecule has 0 radical (unpaired) electrons. The van der Waals surface area contributed by atoms with Gasteiger partial charge in [0.1, 0.15) is 0 Å². The first-order valence-corrected chi connectivity index (χ1v) is 8.19. The Bertz CT molecular complexity index is 766. The van der Waals surface area contributed by atoms with Crippen molar-refractivity contribution < 1.29 is 19.4 Å². The summed E-state index contributed by atoms with van der Waals surface area (Å²) in [5.74, 6) is 0.0966. The third-order valence-corrected chi connectivity index (χ3v) is 4.54. The first kappa shape index (κ1) is 16.6. The SMILES string of the molecule is COc1cc(-c2cc(C(=O)O)nn2C)c(Cl)cc1OC1CCCC1. The van der Waals surface area contributed by atoms with Gasteiger partial charge in [-0.3, -0.25) is 4.68 Å². The predicted molar refractivity (Wildman–Crippen MR) is 90.0 cm³/mol. The Labute approximate surface area is 144 Å². The maximum atomic E-state index is 11.1. The van der Waals surface area contributed by atoms with Crippen LogP contribution in [0.15, 0.2) is 18.2 Å². The highest BCUT2D eigenvalue weighted by atomic mass is 35.5. The van der Waals surface area contributed by atoms with E-state index >= 15 is 0 Å². The molecule has 6 nitrogen and oxygen atoms in total. The van der Waals surface area contributed by atoms with Crippen LogP contribution in [0.1, 0.15) is 36.2 Å². The van der Waals surface area contributed by atoms with Gasteiger partial charge < -0.3 is 14.6 Å². The van der Waals surface area contributed by atoms with Gasteiger partial charge in [0.2, 0.25) is 0 Å². The molecule has 1 aliphatic carbocycles. The Morgan fingerprint density at radius 2 is 2.00 bits per heavy atom. The highest BCUT2D eigenvalue weighted by molar-refractivity contribution is 6.33. The van der Waals surface area contributed by atoms with Crippen LogP contribution in [0, 0.1) is 0 Å². The quantitative estimate of drug-likeness (QED) is 0.888. The van der Waals surface area contributed by atoms with Crippen LogP contribution in [0.2, 0.25) is 5.02 Å². The van der Waals surface area contributed by atoms with E-state index in [1.54, 1.807) is 26.3 Å². The number of aromatic nitrogens is 2. The highest BCUT2D eigenvalue weighted by Crippen LogP contribution is 2.40. The predicted octanol–water partition coefficient (Wildman–Crippen LogP) is 3.77. The van der Waals surface area contributed by atoms with Gasteiger partial charge >= 0.3 is 5.97 Å². The van der Waals surface area contributed by atoms with Crippen LogP contribution in [-0.4, -0.2) is 34.1 Å². The molecule has 1 aliphatic rings. The van der Waals surface area contributed by atoms with Crippen molar-refractivity contribution in [1.82, 2.24) is 9.78 Å². The molecule has 1 saturated carbocycles. The molecule has 1 heterocycles. The monoisotopic (exact) mass is 350 g/mol. The standard InChI is InChI=1S/C17H19ClN2O4/c1-20-14(9-13(19-20)17(21)22)11-7-15(23-2)16(8-12(11)18)24-10-5-3-4-6-10/h7-10H,3-6H2,1-2H3,(H,21,22). The van der Waals surface area contributed by atoms with E-state index in [2.05, 4.69) is 5.10 Å². The molecule has 0 aliphatic heterocycles. The number of carboxylic acids is 1. The Kier molecular flexibility index (Phi) is 4.66. The summed E-state index contributed by atoms with van der Waals surface area (Å²) in [6, 6.07) is 4.97. The molecule has 1 fully saturated rings. The number of benzene rings is 1. The smallest absolute Gasteiger partial charge is 0.356 e. The number of aryl methyl sites for hydroxylation is 1. The number of nitrogens with zero attached hydrogens (tertiary/aromatic N) is 2. The Hall–Kier alpha value is -2.21. The van der Waals surface area contributed by atoms with Crippen molar-refractivity contribution in [2.24, 2.45) is 7.05 Å². The zero-order valence-corrected chi connectivity index (χ0v) is 14.3. The molecule has 0 atom stereocenters. The Balaban J connectivity index is 1.98. The largest absolute Gasteiger partial charge is 0.493 e. The maximum Gasteiger partial charge on any atom is 0.356 e. The number of hydrogen-bond donors (Lipinski definition) is 1. The normalized spacial score (nSPS) is 14.8. The molecule has 0 amide bonds. The van der Waals surface area contributed by atoms with Gasteiger partial charge in [-0.25, -0.2) is 4.79 Å². The Morgan fingerprint density at radius 3 is 2.58 bits per heavy atom. The van der Waals surface area contributed by atoms with Crippen molar-refractivity contribution in [1.29, 1.82) is 0 Å². The van der Waals surface area contributed by atoms with Crippen LogP contribution in [0.3, 0.4) is 0 Å². The van der Waals surface area contributed by atoms with E-state index in [1.807, 2.05) is 0 Å². The molecule has 2 aromatic rings. The van der Waals surface area contributed by atoms with Gasteiger partial charge in [-0.15, -0.1) is 0 Å². The number of halogens is 1. The summed E-state index contributed by atoms with van der Waals surface area (Å²) in [4.78, 5) is 11.1. The van der Waals surface area contributed by atoms with E-state index in [0.717, 1.165) is 12.8 Å². The van der Waals surface area contributed by atoms with Crippen molar-refractivity contribution in [2.75, 3.05) is 7.11 Å². The second-order valence-electron chi connectivity index (χ2n) is 5.85. The number of methoxy groups -OCH3 is 1. The third kappa shape index (κ3) is 3.19. The third-order valence-electron chi connectivity index (χ3n) is 4.22. The lowest BCUT2D eigenvalue weighted by atomic mass is 10.1. The van der Waals surface area contributed by atoms with Crippen molar-refractivity contribution in [2.45, 2.75) is 31.8 Å². The molecular weight excluding hydrogens is 332 g/mol. The minimum absolute atomic E-state index is 0.0335. The minimum Gasteiger partial charge on any atom is -0.493 e. The lowest BCUT2D eigenvalue weighted by Gasteiger charge is -2.17. The summed E-state index contributed by atoms with van der Waals surface area (Å²) < 4.78 is 12.9. The van der Waals surface area contributed by atoms with E-state index in [4.69, 9.17) is 26.2 Å². The average Bonchev–Trinajstić information content (AvgIpc) is 3.17. The van der Waals surface area contributed by atoms with Gasteiger partial charge in [0.15, 0.2) is 17.2 Å². The number of hydrogen-bond acceptors (Lipinski definition) is 4. The number of ether oxygens (including phenoxy) is 2. The van der Waals surface area contributed by atoms with E-state index in [1.165, 1.54) is 23.6 Å². The first-order chi connectivity index (χ1) is 11.5. The fraction of sp³-hybridized carbons (Fsp3) is 0.412. The lowest BCUT2D eigenvalue weighted by molar-refractivity contribution is 0.0689.